The molecule has 0 radical (unpaired) electrons. The molecule has 1 rings (SSSR count). The molecule has 0 fully saturated rings. The van der Waals surface area contributed by atoms with Gasteiger partial charge in [-0.25, -0.2) is 0 Å². The van der Waals surface area contributed by atoms with E-state index in [4.69, 9.17) is 0 Å². The Morgan fingerprint density at radius 3 is 2.28 bits per heavy atom. The van der Waals surface area contributed by atoms with E-state index in [1.54, 1.807) is 0 Å². The number of Topliss-reactive ketones (excluding diaryl/α,β-unsaturated/α-hetero) is 1. The maximum atomic E-state index is 12.3. The third-order valence-corrected chi connectivity index (χ3v) is 3.58. The van der Waals surface area contributed by atoms with E-state index in [1.807, 2.05) is 30.3 Å². The standard InChI is InChI=1S/C17H26O/c1-3-5-6-7-9-12-15(4-2)17(18)16-13-10-8-11-14-16/h8,10-11,13-15H,3-7,9,12H2,1-2H3. The van der Waals surface area contributed by atoms with Crippen molar-refractivity contribution in [1.82, 2.24) is 0 Å². The van der Waals surface area contributed by atoms with Crippen molar-refractivity contribution in [1.29, 1.82) is 0 Å². The number of hydrogen-bond acceptors (Lipinski definition) is 1. The van der Waals surface area contributed by atoms with E-state index >= 15 is 0 Å². The molecule has 0 spiro atoms. The van der Waals surface area contributed by atoms with Gasteiger partial charge in [-0.2, -0.15) is 0 Å². The van der Waals surface area contributed by atoms with Crippen LogP contribution in [-0.4, -0.2) is 5.78 Å². The molecule has 1 aromatic rings. The first-order chi connectivity index (χ1) is 8.79. The van der Waals surface area contributed by atoms with E-state index < -0.39 is 0 Å². The predicted octanol–water partition coefficient (Wildman–Crippen LogP) is 5.26. The fourth-order valence-electron chi connectivity index (χ4n) is 2.35. The van der Waals surface area contributed by atoms with Crippen LogP contribution in [0, 0.1) is 5.92 Å². The Morgan fingerprint density at radius 1 is 1.00 bits per heavy atom. The number of carbonyl (C=O) groups is 1. The van der Waals surface area contributed by atoms with Crippen LogP contribution in [-0.2, 0) is 0 Å². The molecule has 1 nitrogen and oxygen atoms in total. The number of hydrogen-bond donors (Lipinski definition) is 0. The van der Waals surface area contributed by atoms with Gasteiger partial charge in [-0.1, -0.05) is 76.3 Å². The second kappa shape index (κ2) is 8.91. The fraction of sp³-hybridized carbons (Fsp3) is 0.588. The average Bonchev–Trinajstić information content (AvgIpc) is 2.43. The quantitative estimate of drug-likeness (QED) is 0.429. The normalized spacial score (nSPS) is 12.3. The number of benzene rings is 1. The van der Waals surface area contributed by atoms with Crippen LogP contribution >= 0.6 is 0 Å². The molecule has 0 saturated heterocycles. The number of carbonyl (C=O) groups excluding carboxylic acids is 1. The van der Waals surface area contributed by atoms with E-state index in [0.29, 0.717) is 5.78 Å². The fourth-order valence-corrected chi connectivity index (χ4v) is 2.35. The highest BCUT2D eigenvalue weighted by molar-refractivity contribution is 5.97. The lowest BCUT2D eigenvalue weighted by molar-refractivity contribution is 0.0907. The summed E-state index contributed by atoms with van der Waals surface area (Å²) in [6.45, 7) is 4.35. The summed E-state index contributed by atoms with van der Waals surface area (Å²) in [4.78, 5) is 12.3. The number of ketones is 1. The smallest absolute Gasteiger partial charge is 0.165 e. The van der Waals surface area contributed by atoms with Crippen LogP contribution in [0.2, 0.25) is 0 Å². The minimum absolute atomic E-state index is 0.217. The lowest BCUT2D eigenvalue weighted by Crippen LogP contribution is -2.13. The Bertz CT molecular complexity index is 329. The minimum atomic E-state index is 0.217. The molecule has 1 heteroatoms. The molecule has 1 aromatic carbocycles. The van der Waals surface area contributed by atoms with Crippen molar-refractivity contribution in [3.8, 4) is 0 Å². The molecular formula is C17H26O. The van der Waals surface area contributed by atoms with Crippen molar-refractivity contribution in [2.75, 3.05) is 0 Å². The highest BCUT2D eigenvalue weighted by Crippen LogP contribution is 2.19. The summed E-state index contributed by atoms with van der Waals surface area (Å²) in [5.74, 6) is 0.544. The molecule has 0 aliphatic rings. The van der Waals surface area contributed by atoms with Gasteiger partial charge >= 0.3 is 0 Å². The Hall–Kier alpha value is -1.11. The average molecular weight is 246 g/mol. The Labute approximate surface area is 112 Å². The lowest BCUT2D eigenvalue weighted by atomic mass is 9.90. The monoisotopic (exact) mass is 246 g/mol. The van der Waals surface area contributed by atoms with Gasteiger partial charge in [-0.15, -0.1) is 0 Å². The molecule has 0 aromatic heterocycles. The molecule has 18 heavy (non-hydrogen) atoms. The SMILES string of the molecule is CCCCCCCC(CC)C(=O)c1ccccc1. The van der Waals surface area contributed by atoms with Crippen molar-refractivity contribution in [2.45, 2.75) is 58.8 Å². The minimum Gasteiger partial charge on any atom is -0.294 e. The van der Waals surface area contributed by atoms with Crippen molar-refractivity contribution in [3.05, 3.63) is 35.9 Å². The van der Waals surface area contributed by atoms with Gasteiger partial charge in [0.15, 0.2) is 5.78 Å². The molecule has 0 N–H and O–H groups in total. The first-order valence-corrected chi connectivity index (χ1v) is 7.38. The third-order valence-electron chi connectivity index (χ3n) is 3.58. The van der Waals surface area contributed by atoms with Gasteiger partial charge < -0.3 is 0 Å². The summed E-state index contributed by atoms with van der Waals surface area (Å²) in [5, 5.41) is 0. The lowest BCUT2D eigenvalue weighted by Gasteiger charge is -2.13. The zero-order valence-corrected chi connectivity index (χ0v) is 11.8. The largest absolute Gasteiger partial charge is 0.294 e. The number of rotatable bonds is 9. The van der Waals surface area contributed by atoms with Crippen LogP contribution in [0.4, 0.5) is 0 Å². The Morgan fingerprint density at radius 2 is 1.67 bits per heavy atom. The molecule has 100 valence electrons. The maximum absolute atomic E-state index is 12.3. The first-order valence-electron chi connectivity index (χ1n) is 7.38. The second-order valence-electron chi connectivity index (χ2n) is 5.04. The van der Waals surface area contributed by atoms with E-state index in [9.17, 15) is 4.79 Å². The topological polar surface area (TPSA) is 17.1 Å². The summed E-state index contributed by atoms with van der Waals surface area (Å²) in [6.07, 6.45) is 8.38. The van der Waals surface area contributed by atoms with Crippen molar-refractivity contribution >= 4 is 5.78 Å². The summed E-state index contributed by atoms with van der Waals surface area (Å²) in [6, 6.07) is 9.72. The van der Waals surface area contributed by atoms with E-state index in [0.717, 1.165) is 18.4 Å². The van der Waals surface area contributed by atoms with Crippen LogP contribution < -0.4 is 0 Å². The molecule has 1 unspecified atom stereocenters. The molecule has 0 aliphatic heterocycles. The number of unbranched alkanes of at least 4 members (excludes halogenated alkanes) is 4. The van der Waals surface area contributed by atoms with Gasteiger partial charge in [-0.3, -0.25) is 4.79 Å². The van der Waals surface area contributed by atoms with E-state index in [-0.39, 0.29) is 5.92 Å². The predicted molar refractivity (Wildman–Crippen MR) is 77.9 cm³/mol. The van der Waals surface area contributed by atoms with Crippen molar-refractivity contribution < 1.29 is 4.79 Å². The molecule has 1 atom stereocenters. The third kappa shape index (κ3) is 5.03. The van der Waals surface area contributed by atoms with Crippen molar-refractivity contribution in [3.63, 3.8) is 0 Å². The maximum Gasteiger partial charge on any atom is 0.165 e. The molecule has 0 bridgehead atoms. The molecule has 0 amide bonds. The summed E-state index contributed by atoms with van der Waals surface area (Å²) >= 11 is 0. The molecule has 0 aliphatic carbocycles. The van der Waals surface area contributed by atoms with Crippen LogP contribution in [0.3, 0.4) is 0 Å². The Kier molecular flexibility index (Phi) is 7.40. The van der Waals surface area contributed by atoms with Crippen LogP contribution in [0.25, 0.3) is 0 Å². The van der Waals surface area contributed by atoms with Gasteiger partial charge in [-0.05, 0) is 12.8 Å². The van der Waals surface area contributed by atoms with Gasteiger partial charge in [0, 0.05) is 11.5 Å². The summed E-state index contributed by atoms with van der Waals surface area (Å²) in [7, 11) is 0. The summed E-state index contributed by atoms with van der Waals surface area (Å²) in [5.41, 5.74) is 0.873. The van der Waals surface area contributed by atoms with Crippen LogP contribution in [0.1, 0.15) is 69.2 Å². The highest BCUT2D eigenvalue weighted by Gasteiger charge is 2.17. The Balaban J connectivity index is 2.39. The zero-order chi connectivity index (χ0) is 13.2. The molecule has 0 saturated carbocycles. The van der Waals surface area contributed by atoms with Crippen LogP contribution in [0.15, 0.2) is 30.3 Å². The first kappa shape index (κ1) is 14.9. The zero-order valence-electron chi connectivity index (χ0n) is 11.8. The molecule has 0 heterocycles. The van der Waals surface area contributed by atoms with Gasteiger partial charge in [0.1, 0.15) is 0 Å². The van der Waals surface area contributed by atoms with Crippen molar-refractivity contribution in [2.24, 2.45) is 5.92 Å². The van der Waals surface area contributed by atoms with Gasteiger partial charge in [0.05, 0.1) is 0 Å². The summed E-state index contributed by atoms with van der Waals surface area (Å²) < 4.78 is 0. The van der Waals surface area contributed by atoms with E-state index in [1.165, 1.54) is 32.1 Å². The molecular weight excluding hydrogens is 220 g/mol. The van der Waals surface area contributed by atoms with Gasteiger partial charge in [0.2, 0.25) is 0 Å². The second-order valence-corrected chi connectivity index (χ2v) is 5.04. The van der Waals surface area contributed by atoms with Crippen LogP contribution in [0.5, 0.6) is 0 Å². The van der Waals surface area contributed by atoms with Gasteiger partial charge in [0.25, 0.3) is 0 Å². The van der Waals surface area contributed by atoms with E-state index in [2.05, 4.69) is 13.8 Å². The highest BCUT2D eigenvalue weighted by atomic mass is 16.1.